The van der Waals surface area contributed by atoms with Crippen molar-refractivity contribution in [2.45, 2.75) is 75.1 Å². The van der Waals surface area contributed by atoms with Gasteiger partial charge < -0.3 is 24.4 Å². The lowest BCUT2D eigenvalue weighted by Crippen LogP contribution is -2.59. The number of benzene rings is 4. The van der Waals surface area contributed by atoms with E-state index in [1.54, 1.807) is 0 Å². The molecule has 3 unspecified atom stereocenters. The van der Waals surface area contributed by atoms with E-state index in [-0.39, 0.29) is 26.4 Å². The number of hydrogen-bond donors (Lipinski definition) is 2. The number of rotatable bonds is 17. The average Bonchev–Trinajstić information content (AvgIpc) is 3.58. The van der Waals surface area contributed by atoms with Crippen LogP contribution in [0.1, 0.15) is 55.4 Å². The molecule has 48 heavy (non-hydrogen) atoms. The summed E-state index contributed by atoms with van der Waals surface area (Å²) in [6, 6.07) is 35.1. The van der Waals surface area contributed by atoms with Crippen molar-refractivity contribution in [1.82, 2.24) is 0 Å². The van der Waals surface area contributed by atoms with Gasteiger partial charge in [-0.25, -0.2) is 13.6 Å². The van der Waals surface area contributed by atoms with E-state index in [9.17, 15) is 8.42 Å². The topological polar surface area (TPSA) is 123 Å². The average molecular weight is 689 g/mol. The molecule has 0 aliphatic carbocycles. The van der Waals surface area contributed by atoms with Crippen molar-refractivity contribution in [2.75, 3.05) is 13.3 Å². The molecule has 10 heteroatoms. The second-order valence-electron chi connectivity index (χ2n) is 12.4. The van der Waals surface area contributed by atoms with Crippen molar-refractivity contribution >= 4 is 18.3 Å². The zero-order valence-corrected chi connectivity index (χ0v) is 30.0. The summed E-state index contributed by atoms with van der Waals surface area (Å²) in [4.78, 5) is 0. The second kappa shape index (κ2) is 15.7. The van der Waals surface area contributed by atoms with Crippen molar-refractivity contribution in [1.29, 1.82) is 0 Å². The van der Waals surface area contributed by atoms with Crippen molar-refractivity contribution in [3.05, 3.63) is 125 Å². The van der Waals surface area contributed by atoms with Gasteiger partial charge in [-0.3, -0.25) is 0 Å². The zero-order valence-electron chi connectivity index (χ0n) is 28.1. The van der Waals surface area contributed by atoms with Gasteiger partial charge in [-0.15, -0.1) is 0 Å². The molecule has 0 amide bonds. The molecule has 3 atom stereocenters. The maximum atomic E-state index is 14.9. The Morgan fingerprint density at radius 1 is 0.812 bits per heavy atom. The zero-order chi connectivity index (χ0) is 34.2. The first-order chi connectivity index (χ1) is 23.2. The Hall–Kier alpha value is -3.67. The summed E-state index contributed by atoms with van der Waals surface area (Å²) in [5.74, 6) is 0.851. The van der Waals surface area contributed by atoms with Crippen LogP contribution in [0.25, 0.3) is 0 Å². The number of ether oxygens (including phenoxy) is 3. The van der Waals surface area contributed by atoms with Crippen LogP contribution in [-0.2, 0) is 32.2 Å². The minimum Gasteiger partial charge on any atom is -0.489 e. The van der Waals surface area contributed by atoms with E-state index < -0.39 is 35.1 Å². The molecule has 8 nitrogen and oxygen atoms in total. The maximum Gasteiger partial charge on any atom is 0.231 e. The molecule has 4 aromatic rings. The molecule has 0 spiro atoms. The number of primary sulfonamides is 1. The largest absolute Gasteiger partial charge is 0.489 e. The predicted molar refractivity (Wildman–Crippen MR) is 193 cm³/mol. The number of hydrogen-bond acceptors (Lipinski definition) is 7. The summed E-state index contributed by atoms with van der Waals surface area (Å²) >= 11 is 0. The molecule has 0 fully saturated rings. The standard InChI is InChI=1S/C38H48N2O6SSi/c1-4-48(5-2,6-3)46-37(23-24-39)38(47(40,41)42,32-19-13-14-20-34(32)43-27-30-17-11-8-12-18-30)33(25-29-15-9-7-10-16-29)31-21-22-35-36(26-31)45-28-44-35/h7-22,26,33,37H,4-6,23-25,27-28,39H2,1-3H3,(H2,40,41,42). The normalized spacial score (nSPS) is 15.4. The molecule has 0 aromatic heterocycles. The molecular weight excluding hydrogens is 641 g/mol. The van der Waals surface area contributed by atoms with Crippen molar-refractivity contribution < 1.29 is 27.1 Å². The Balaban J connectivity index is 1.84. The summed E-state index contributed by atoms with van der Waals surface area (Å²) in [5.41, 5.74) is 9.45. The van der Waals surface area contributed by atoms with Crippen molar-refractivity contribution in [3.8, 4) is 17.2 Å². The van der Waals surface area contributed by atoms with Crippen LogP contribution in [0.15, 0.2) is 103 Å². The minimum absolute atomic E-state index is 0.0924. The summed E-state index contributed by atoms with van der Waals surface area (Å²) in [5, 5.41) is 6.66. The molecule has 1 heterocycles. The smallest absolute Gasteiger partial charge is 0.231 e. The van der Waals surface area contributed by atoms with Gasteiger partial charge in [0.1, 0.15) is 17.1 Å². The van der Waals surface area contributed by atoms with Crippen LogP contribution < -0.4 is 25.1 Å². The summed E-state index contributed by atoms with van der Waals surface area (Å²) in [7, 11) is -6.94. The van der Waals surface area contributed by atoms with Gasteiger partial charge in [-0.2, -0.15) is 0 Å². The van der Waals surface area contributed by atoms with Crippen LogP contribution in [0.3, 0.4) is 0 Å². The Morgan fingerprint density at radius 3 is 2.04 bits per heavy atom. The first kappa shape index (κ1) is 35.6. The van der Waals surface area contributed by atoms with Crippen LogP contribution in [0.5, 0.6) is 17.2 Å². The highest BCUT2D eigenvalue weighted by molar-refractivity contribution is 7.90. The Kier molecular flexibility index (Phi) is 11.6. The number of nitrogens with two attached hydrogens (primary N) is 2. The van der Waals surface area contributed by atoms with Gasteiger partial charge in [-0.05, 0) is 72.4 Å². The third-order valence-electron chi connectivity index (χ3n) is 9.85. The van der Waals surface area contributed by atoms with E-state index >= 15 is 0 Å². The molecule has 5 rings (SSSR count). The van der Waals surface area contributed by atoms with Crippen LogP contribution in [0.2, 0.25) is 18.1 Å². The van der Waals surface area contributed by atoms with Crippen molar-refractivity contribution in [2.24, 2.45) is 10.9 Å². The molecule has 256 valence electrons. The summed E-state index contributed by atoms with van der Waals surface area (Å²) < 4.78 is 53.4. The Labute approximate surface area is 286 Å². The lowest BCUT2D eigenvalue weighted by molar-refractivity contribution is 0.109. The SMILES string of the molecule is CC[Si](CC)(CC)OC(CCN)C(c1ccccc1OCc1ccccc1)(C(Cc1ccccc1)c1ccc2c(c1)OCO2)S(N)(=O)=O. The fourth-order valence-corrected chi connectivity index (χ4v) is 11.7. The Morgan fingerprint density at radius 2 is 1.42 bits per heavy atom. The Bertz CT molecular complexity index is 1730. The van der Waals surface area contributed by atoms with Crippen LogP contribution in [0.4, 0.5) is 0 Å². The lowest BCUT2D eigenvalue weighted by Gasteiger charge is -2.48. The molecule has 1 aliphatic heterocycles. The van der Waals surface area contributed by atoms with Crippen LogP contribution in [-0.4, -0.2) is 36.2 Å². The molecule has 1 aliphatic rings. The first-order valence-electron chi connectivity index (χ1n) is 16.8. The van der Waals surface area contributed by atoms with Gasteiger partial charge in [0, 0.05) is 11.5 Å². The highest BCUT2D eigenvalue weighted by Crippen LogP contribution is 2.53. The fraction of sp³-hybridized carbons (Fsp3) is 0.368. The number of sulfonamides is 1. The highest BCUT2D eigenvalue weighted by atomic mass is 32.2. The molecule has 0 saturated carbocycles. The lowest BCUT2D eigenvalue weighted by atomic mass is 9.73. The van der Waals surface area contributed by atoms with Crippen LogP contribution >= 0.6 is 0 Å². The number of para-hydroxylation sites is 1. The van der Waals surface area contributed by atoms with E-state index in [2.05, 4.69) is 20.8 Å². The molecule has 0 bridgehead atoms. The van der Waals surface area contributed by atoms with Gasteiger partial charge >= 0.3 is 0 Å². The van der Waals surface area contributed by atoms with Gasteiger partial charge in [-0.1, -0.05) is 106 Å². The third-order valence-corrected chi connectivity index (χ3v) is 16.2. The van der Waals surface area contributed by atoms with Crippen LogP contribution in [0, 0.1) is 0 Å². The first-order valence-corrected chi connectivity index (χ1v) is 20.9. The van der Waals surface area contributed by atoms with Gasteiger partial charge in [0.25, 0.3) is 0 Å². The monoisotopic (exact) mass is 688 g/mol. The van der Waals surface area contributed by atoms with E-state index in [4.69, 9.17) is 29.5 Å². The van der Waals surface area contributed by atoms with E-state index in [1.165, 1.54) is 0 Å². The molecule has 0 saturated heterocycles. The third kappa shape index (κ3) is 7.33. The maximum absolute atomic E-state index is 14.9. The summed E-state index contributed by atoms with van der Waals surface area (Å²) in [6.07, 6.45) is -0.272. The number of fused-ring (bicyclic) bond motifs is 1. The van der Waals surface area contributed by atoms with E-state index in [0.717, 1.165) is 34.8 Å². The fourth-order valence-electron chi connectivity index (χ4n) is 7.08. The quantitative estimate of drug-likeness (QED) is 0.112. The minimum atomic E-state index is -4.50. The second-order valence-corrected chi connectivity index (χ2v) is 18.9. The van der Waals surface area contributed by atoms with Gasteiger partial charge in [0.2, 0.25) is 16.8 Å². The van der Waals surface area contributed by atoms with E-state index in [1.807, 2.05) is 103 Å². The van der Waals surface area contributed by atoms with Gasteiger partial charge in [0.05, 0.1) is 6.10 Å². The van der Waals surface area contributed by atoms with Crippen molar-refractivity contribution in [3.63, 3.8) is 0 Å². The van der Waals surface area contributed by atoms with Gasteiger partial charge in [0.15, 0.2) is 19.8 Å². The van der Waals surface area contributed by atoms with E-state index in [0.29, 0.717) is 29.2 Å². The predicted octanol–water partition coefficient (Wildman–Crippen LogP) is 7.24. The molecule has 4 N–H and O–H groups in total. The summed E-state index contributed by atoms with van der Waals surface area (Å²) in [6.45, 7) is 6.94. The highest BCUT2D eigenvalue weighted by Gasteiger charge is 2.59. The molecule has 4 aromatic carbocycles. The molecule has 0 radical (unpaired) electrons. The molecular formula is C38H48N2O6SSi.